The van der Waals surface area contributed by atoms with E-state index in [0.29, 0.717) is 34.1 Å². The highest BCUT2D eigenvalue weighted by Gasteiger charge is 2.20. The summed E-state index contributed by atoms with van der Waals surface area (Å²) < 4.78 is 23.2. The lowest BCUT2D eigenvalue weighted by molar-refractivity contribution is 0.0736. The van der Waals surface area contributed by atoms with Gasteiger partial charge in [0.25, 0.3) is 5.56 Å². The van der Waals surface area contributed by atoms with E-state index in [1.54, 1.807) is 68.0 Å². The summed E-state index contributed by atoms with van der Waals surface area (Å²) >= 11 is 0. The lowest BCUT2D eigenvalue weighted by Gasteiger charge is -2.15. The van der Waals surface area contributed by atoms with Crippen molar-refractivity contribution in [1.82, 2.24) is 9.55 Å². The predicted octanol–water partition coefficient (Wildman–Crippen LogP) is 4.78. The number of aromatic nitrogens is 2. The van der Waals surface area contributed by atoms with Crippen LogP contribution in [0.15, 0.2) is 84.0 Å². The van der Waals surface area contributed by atoms with E-state index in [4.69, 9.17) is 18.9 Å². The highest BCUT2D eigenvalue weighted by Crippen LogP contribution is 2.33. The molecule has 0 saturated heterocycles. The minimum absolute atomic E-state index is 0.191. The number of hydrogen-bond donors (Lipinski definition) is 0. The number of benzene rings is 3. The SMILES string of the molecule is COc1ccc(-n2cc(C(=O)Oc3ccc4cnccc4c3)c3cc(OC)c(OC)cc3c2=O)cc1. The van der Waals surface area contributed by atoms with Gasteiger partial charge in [0.05, 0.1) is 32.3 Å². The molecule has 0 fully saturated rings. The van der Waals surface area contributed by atoms with Crippen LogP contribution in [0.25, 0.3) is 27.2 Å². The zero-order valence-corrected chi connectivity index (χ0v) is 19.8. The summed E-state index contributed by atoms with van der Waals surface area (Å²) in [4.78, 5) is 31.1. The number of pyridine rings is 2. The molecular weight excluding hydrogens is 460 g/mol. The average Bonchev–Trinajstić information content (AvgIpc) is 2.92. The fraction of sp³-hybridized carbons (Fsp3) is 0.107. The summed E-state index contributed by atoms with van der Waals surface area (Å²) in [7, 11) is 4.54. The monoisotopic (exact) mass is 482 g/mol. The topological polar surface area (TPSA) is 88.9 Å². The molecule has 36 heavy (non-hydrogen) atoms. The second-order valence-corrected chi connectivity index (χ2v) is 7.94. The fourth-order valence-electron chi connectivity index (χ4n) is 4.05. The van der Waals surface area contributed by atoms with Crippen molar-refractivity contribution in [3.8, 4) is 28.7 Å². The van der Waals surface area contributed by atoms with Gasteiger partial charge in [-0.2, -0.15) is 0 Å². The molecule has 180 valence electrons. The first-order chi connectivity index (χ1) is 17.5. The van der Waals surface area contributed by atoms with Crippen LogP contribution in [0.5, 0.6) is 23.0 Å². The number of carbonyl (C=O) groups excluding carboxylic acids is 1. The zero-order valence-electron chi connectivity index (χ0n) is 19.8. The molecule has 3 aromatic carbocycles. The second kappa shape index (κ2) is 9.42. The third-order valence-corrected chi connectivity index (χ3v) is 5.91. The summed E-state index contributed by atoms with van der Waals surface area (Å²) in [6, 6.07) is 17.3. The predicted molar refractivity (Wildman–Crippen MR) is 136 cm³/mol. The Hall–Kier alpha value is -4.85. The number of nitrogens with zero attached hydrogens (tertiary/aromatic N) is 2. The highest BCUT2D eigenvalue weighted by atomic mass is 16.5. The average molecular weight is 482 g/mol. The molecule has 5 aromatic rings. The van der Waals surface area contributed by atoms with Crippen LogP contribution in [0, 0.1) is 0 Å². The molecule has 8 heteroatoms. The number of rotatable bonds is 6. The molecule has 0 saturated carbocycles. The zero-order chi connectivity index (χ0) is 25.2. The van der Waals surface area contributed by atoms with Crippen molar-refractivity contribution in [2.45, 2.75) is 0 Å². The quantitative estimate of drug-likeness (QED) is 0.254. The summed E-state index contributed by atoms with van der Waals surface area (Å²) in [5, 5.41) is 2.47. The first-order valence-electron chi connectivity index (χ1n) is 11.0. The van der Waals surface area contributed by atoms with Gasteiger partial charge < -0.3 is 18.9 Å². The Labute approximate surface area is 206 Å². The normalized spacial score (nSPS) is 10.9. The molecule has 8 nitrogen and oxygen atoms in total. The van der Waals surface area contributed by atoms with E-state index in [1.807, 2.05) is 12.1 Å². The number of ether oxygens (including phenoxy) is 4. The van der Waals surface area contributed by atoms with Crippen molar-refractivity contribution in [2.24, 2.45) is 0 Å². The first kappa shape index (κ1) is 22.9. The minimum Gasteiger partial charge on any atom is -0.497 e. The number of hydrogen-bond acceptors (Lipinski definition) is 7. The van der Waals surface area contributed by atoms with E-state index < -0.39 is 5.97 Å². The highest BCUT2D eigenvalue weighted by molar-refractivity contribution is 6.06. The van der Waals surface area contributed by atoms with Crippen LogP contribution in [0.1, 0.15) is 10.4 Å². The molecule has 2 heterocycles. The summed E-state index contributed by atoms with van der Waals surface area (Å²) in [6.07, 6.45) is 4.89. The van der Waals surface area contributed by atoms with Gasteiger partial charge in [0, 0.05) is 35.1 Å². The van der Waals surface area contributed by atoms with Crippen LogP contribution in [0.2, 0.25) is 0 Å². The third kappa shape index (κ3) is 4.09. The van der Waals surface area contributed by atoms with E-state index in [9.17, 15) is 9.59 Å². The second-order valence-electron chi connectivity index (χ2n) is 7.94. The van der Waals surface area contributed by atoms with Gasteiger partial charge in [0.1, 0.15) is 11.5 Å². The molecule has 0 aliphatic carbocycles. The maximum absolute atomic E-state index is 13.5. The third-order valence-electron chi connectivity index (χ3n) is 5.91. The van der Waals surface area contributed by atoms with Crippen LogP contribution in [0.4, 0.5) is 0 Å². The van der Waals surface area contributed by atoms with E-state index in [1.165, 1.54) is 25.0 Å². The summed E-state index contributed by atoms with van der Waals surface area (Å²) in [6.45, 7) is 0. The minimum atomic E-state index is -0.622. The molecule has 5 rings (SSSR count). The van der Waals surface area contributed by atoms with E-state index >= 15 is 0 Å². The Morgan fingerprint density at radius 2 is 1.47 bits per heavy atom. The number of carbonyl (C=O) groups is 1. The van der Waals surface area contributed by atoms with Crippen molar-refractivity contribution in [1.29, 1.82) is 0 Å². The van der Waals surface area contributed by atoms with Crippen molar-refractivity contribution in [3.05, 3.63) is 95.2 Å². The van der Waals surface area contributed by atoms with Crippen molar-refractivity contribution >= 4 is 27.5 Å². The van der Waals surface area contributed by atoms with Crippen molar-refractivity contribution in [2.75, 3.05) is 21.3 Å². The Morgan fingerprint density at radius 3 is 2.17 bits per heavy atom. The fourth-order valence-corrected chi connectivity index (χ4v) is 4.05. The standard InChI is InChI=1S/C28H22N2O6/c1-33-20-8-5-19(6-9-20)30-16-24(22-13-25(34-2)26(35-3)14-23(22)27(30)31)28(32)36-21-7-4-18-15-29-11-10-17(18)12-21/h4-16H,1-3H3. The van der Waals surface area contributed by atoms with E-state index in [2.05, 4.69) is 4.98 Å². The Morgan fingerprint density at radius 1 is 0.778 bits per heavy atom. The lowest BCUT2D eigenvalue weighted by atomic mass is 10.1. The molecule has 0 N–H and O–H groups in total. The molecule has 0 aliphatic heterocycles. The molecule has 0 unspecified atom stereocenters. The molecule has 0 aliphatic rings. The summed E-state index contributed by atoms with van der Waals surface area (Å²) in [5.74, 6) is 1.15. The Kier molecular flexibility index (Phi) is 6.00. The molecule has 0 spiro atoms. The number of esters is 1. The molecular formula is C28H22N2O6. The van der Waals surface area contributed by atoms with Gasteiger partial charge >= 0.3 is 5.97 Å². The van der Waals surface area contributed by atoms with Crippen LogP contribution in [0.3, 0.4) is 0 Å². The largest absolute Gasteiger partial charge is 0.497 e. The first-order valence-corrected chi connectivity index (χ1v) is 11.0. The van der Waals surface area contributed by atoms with Gasteiger partial charge in [0.15, 0.2) is 11.5 Å². The van der Waals surface area contributed by atoms with Gasteiger partial charge in [-0.25, -0.2) is 4.79 Å². The van der Waals surface area contributed by atoms with Gasteiger partial charge in [0.2, 0.25) is 0 Å². The van der Waals surface area contributed by atoms with Gasteiger partial charge in [-0.1, -0.05) is 0 Å². The lowest BCUT2D eigenvalue weighted by Crippen LogP contribution is -2.22. The maximum Gasteiger partial charge on any atom is 0.345 e. The van der Waals surface area contributed by atoms with Crippen LogP contribution < -0.4 is 24.5 Å². The molecule has 2 aromatic heterocycles. The smallest absolute Gasteiger partial charge is 0.345 e. The molecule has 0 amide bonds. The maximum atomic E-state index is 13.5. The molecule has 0 radical (unpaired) electrons. The number of fused-ring (bicyclic) bond motifs is 2. The van der Waals surface area contributed by atoms with Crippen molar-refractivity contribution in [3.63, 3.8) is 0 Å². The Balaban J connectivity index is 1.68. The van der Waals surface area contributed by atoms with Crippen LogP contribution in [-0.4, -0.2) is 36.8 Å². The molecule has 0 bridgehead atoms. The Bertz CT molecular complexity index is 1660. The van der Waals surface area contributed by atoms with Crippen molar-refractivity contribution < 1.29 is 23.7 Å². The van der Waals surface area contributed by atoms with Crippen LogP contribution in [-0.2, 0) is 0 Å². The number of methoxy groups -OCH3 is 3. The van der Waals surface area contributed by atoms with Crippen LogP contribution >= 0.6 is 0 Å². The van der Waals surface area contributed by atoms with E-state index in [-0.39, 0.29) is 16.5 Å². The van der Waals surface area contributed by atoms with E-state index in [0.717, 1.165) is 10.8 Å². The van der Waals surface area contributed by atoms with Gasteiger partial charge in [-0.15, -0.1) is 0 Å². The van der Waals surface area contributed by atoms with Gasteiger partial charge in [-0.3, -0.25) is 14.3 Å². The van der Waals surface area contributed by atoms with Gasteiger partial charge in [-0.05, 0) is 66.0 Å². The molecule has 0 atom stereocenters. The summed E-state index contributed by atoms with van der Waals surface area (Å²) in [5.41, 5.74) is 0.423.